The molecule has 0 spiro atoms. The number of carbonyl (C=O) groups is 1. The summed E-state index contributed by atoms with van der Waals surface area (Å²) in [7, 11) is 0. The third kappa shape index (κ3) is 2.22. The van der Waals surface area contributed by atoms with Crippen molar-refractivity contribution in [2.75, 3.05) is 5.32 Å². The molecule has 108 valence electrons. The topological polar surface area (TPSA) is 44.9 Å². The van der Waals surface area contributed by atoms with Crippen molar-refractivity contribution in [2.45, 2.75) is 11.8 Å². The van der Waals surface area contributed by atoms with E-state index >= 15 is 0 Å². The Balaban J connectivity index is 1.78. The number of aromatic amines is 1. The molecule has 4 rings (SSSR count). The number of amides is 1. The summed E-state index contributed by atoms with van der Waals surface area (Å²) in [6.07, 6.45) is 3.89. The lowest BCUT2D eigenvalue weighted by molar-refractivity contribution is -0.112. The number of anilines is 1. The number of thioether (sulfide) groups is 1. The summed E-state index contributed by atoms with van der Waals surface area (Å²) >= 11 is 1.52. The van der Waals surface area contributed by atoms with Crippen LogP contribution in [0.4, 0.5) is 5.69 Å². The molecule has 0 unspecified atom stereocenters. The summed E-state index contributed by atoms with van der Waals surface area (Å²) in [5.41, 5.74) is 4.18. The SMILES string of the molecule is Cc1ccc2c(c1)S/C(=C/c1c[nH]c3ccccc13)C(=O)N2. The second-order valence-corrected chi connectivity index (χ2v) is 6.44. The van der Waals surface area contributed by atoms with Gasteiger partial charge in [-0.15, -0.1) is 0 Å². The van der Waals surface area contributed by atoms with Crippen LogP contribution in [0.3, 0.4) is 0 Å². The van der Waals surface area contributed by atoms with E-state index in [2.05, 4.69) is 29.4 Å². The summed E-state index contributed by atoms with van der Waals surface area (Å²) in [5, 5.41) is 4.08. The van der Waals surface area contributed by atoms with Crippen LogP contribution >= 0.6 is 11.8 Å². The zero-order valence-electron chi connectivity index (χ0n) is 12.0. The third-order valence-electron chi connectivity index (χ3n) is 3.74. The molecule has 3 nitrogen and oxygen atoms in total. The number of H-pyrrole nitrogens is 1. The smallest absolute Gasteiger partial charge is 0.262 e. The van der Waals surface area contributed by atoms with E-state index in [1.54, 1.807) is 0 Å². The van der Waals surface area contributed by atoms with E-state index in [0.717, 1.165) is 27.0 Å². The van der Waals surface area contributed by atoms with Crippen molar-refractivity contribution in [3.05, 3.63) is 64.7 Å². The van der Waals surface area contributed by atoms with Crippen LogP contribution in [0.2, 0.25) is 0 Å². The molecule has 1 aliphatic rings. The van der Waals surface area contributed by atoms with Crippen molar-refractivity contribution in [1.82, 2.24) is 4.98 Å². The lowest BCUT2D eigenvalue weighted by atomic mass is 10.1. The molecule has 2 N–H and O–H groups in total. The predicted molar refractivity (Wildman–Crippen MR) is 91.9 cm³/mol. The van der Waals surface area contributed by atoms with Crippen molar-refractivity contribution >= 4 is 40.3 Å². The van der Waals surface area contributed by atoms with E-state index in [9.17, 15) is 4.79 Å². The molecular weight excluding hydrogens is 292 g/mol. The van der Waals surface area contributed by atoms with Crippen molar-refractivity contribution in [1.29, 1.82) is 0 Å². The van der Waals surface area contributed by atoms with Crippen molar-refractivity contribution in [3.8, 4) is 0 Å². The van der Waals surface area contributed by atoms with Crippen molar-refractivity contribution < 1.29 is 4.79 Å². The van der Waals surface area contributed by atoms with Gasteiger partial charge in [0, 0.05) is 27.6 Å². The molecule has 22 heavy (non-hydrogen) atoms. The Morgan fingerprint density at radius 2 is 2.00 bits per heavy atom. The summed E-state index contributed by atoms with van der Waals surface area (Å²) in [6.45, 7) is 2.06. The molecule has 0 atom stereocenters. The number of rotatable bonds is 1. The molecule has 1 aromatic heterocycles. The lowest BCUT2D eigenvalue weighted by Gasteiger charge is -2.18. The molecule has 1 aliphatic heterocycles. The Kier molecular flexibility index (Phi) is 3.05. The molecule has 2 heterocycles. The standard InChI is InChI=1S/C18H14N2OS/c1-11-6-7-15-16(8-11)22-17(18(21)20-15)9-12-10-19-14-5-3-2-4-13(12)14/h2-10,19H,1H3,(H,20,21)/b17-9+. The first-order valence-corrected chi connectivity index (χ1v) is 7.90. The fourth-order valence-electron chi connectivity index (χ4n) is 2.62. The highest BCUT2D eigenvalue weighted by molar-refractivity contribution is 8.04. The average molecular weight is 306 g/mol. The van der Waals surface area contributed by atoms with Gasteiger partial charge in [-0.1, -0.05) is 36.0 Å². The molecule has 0 saturated carbocycles. The van der Waals surface area contributed by atoms with E-state index in [1.165, 1.54) is 17.3 Å². The highest BCUT2D eigenvalue weighted by Crippen LogP contribution is 2.39. The van der Waals surface area contributed by atoms with Crippen LogP contribution in [0, 0.1) is 6.92 Å². The molecule has 3 aromatic rings. The Hall–Kier alpha value is -2.46. The van der Waals surface area contributed by atoms with Gasteiger partial charge in [0.2, 0.25) is 0 Å². The van der Waals surface area contributed by atoms with Crippen molar-refractivity contribution in [2.24, 2.45) is 0 Å². The monoisotopic (exact) mass is 306 g/mol. The fraction of sp³-hybridized carbons (Fsp3) is 0.0556. The van der Waals surface area contributed by atoms with Crippen LogP contribution < -0.4 is 5.32 Å². The molecule has 0 aliphatic carbocycles. The number of nitrogens with one attached hydrogen (secondary N) is 2. The maximum absolute atomic E-state index is 12.3. The van der Waals surface area contributed by atoms with Gasteiger partial charge >= 0.3 is 0 Å². The number of fused-ring (bicyclic) bond motifs is 2. The largest absolute Gasteiger partial charge is 0.361 e. The quantitative estimate of drug-likeness (QED) is 0.647. The van der Waals surface area contributed by atoms with Crippen molar-refractivity contribution in [3.63, 3.8) is 0 Å². The molecule has 4 heteroatoms. The lowest BCUT2D eigenvalue weighted by Crippen LogP contribution is -2.17. The third-order valence-corrected chi connectivity index (χ3v) is 4.82. The van der Waals surface area contributed by atoms with Crippen LogP contribution in [0.5, 0.6) is 0 Å². The van der Waals surface area contributed by atoms with Crippen LogP contribution in [-0.4, -0.2) is 10.9 Å². The zero-order chi connectivity index (χ0) is 15.1. The molecule has 0 radical (unpaired) electrons. The van der Waals surface area contributed by atoms with Crippen LogP contribution in [-0.2, 0) is 4.79 Å². The van der Waals surface area contributed by atoms with E-state index in [4.69, 9.17) is 0 Å². The van der Waals surface area contributed by atoms with E-state index in [-0.39, 0.29) is 5.91 Å². The number of hydrogen-bond donors (Lipinski definition) is 2. The number of benzene rings is 2. The summed E-state index contributed by atoms with van der Waals surface area (Å²) < 4.78 is 0. The molecular formula is C18H14N2OS. The number of para-hydroxylation sites is 1. The summed E-state index contributed by atoms with van der Waals surface area (Å²) in [6, 6.07) is 14.2. The summed E-state index contributed by atoms with van der Waals surface area (Å²) in [5.74, 6) is -0.0494. The molecule has 0 saturated heterocycles. The van der Waals surface area contributed by atoms with Gasteiger partial charge in [0.25, 0.3) is 5.91 Å². The number of carbonyl (C=O) groups excluding carboxylic acids is 1. The van der Waals surface area contributed by atoms with Gasteiger partial charge < -0.3 is 10.3 Å². The highest BCUT2D eigenvalue weighted by Gasteiger charge is 2.21. The van der Waals surface area contributed by atoms with Crippen LogP contribution in [0.25, 0.3) is 17.0 Å². The molecule has 0 bridgehead atoms. The molecule has 1 amide bonds. The highest BCUT2D eigenvalue weighted by atomic mass is 32.2. The van der Waals surface area contributed by atoms with E-state index in [0.29, 0.717) is 4.91 Å². The van der Waals surface area contributed by atoms with Gasteiger partial charge in [0.15, 0.2) is 0 Å². The maximum atomic E-state index is 12.3. The Morgan fingerprint density at radius 3 is 2.91 bits per heavy atom. The van der Waals surface area contributed by atoms with E-state index < -0.39 is 0 Å². The van der Waals surface area contributed by atoms with Gasteiger partial charge in [-0.2, -0.15) is 0 Å². The zero-order valence-corrected chi connectivity index (χ0v) is 12.8. The molecule has 0 fully saturated rings. The number of hydrogen-bond acceptors (Lipinski definition) is 2. The average Bonchev–Trinajstić information content (AvgIpc) is 2.92. The Bertz CT molecular complexity index is 924. The van der Waals surface area contributed by atoms with Gasteiger partial charge in [-0.25, -0.2) is 0 Å². The minimum absolute atomic E-state index is 0.0494. The summed E-state index contributed by atoms with van der Waals surface area (Å²) in [4.78, 5) is 17.3. The first-order valence-electron chi connectivity index (χ1n) is 7.08. The Morgan fingerprint density at radius 1 is 1.14 bits per heavy atom. The number of aryl methyl sites for hydroxylation is 1. The normalized spacial score (nSPS) is 15.9. The minimum Gasteiger partial charge on any atom is -0.361 e. The minimum atomic E-state index is -0.0494. The first kappa shape index (κ1) is 13.2. The van der Waals surface area contributed by atoms with Crippen LogP contribution in [0.15, 0.2) is 58.5 Å². The first-order chi connectivity index (χ1) is 10.7. The maximum Gasteiger partial charge on any atom is 0.262 e. The van der Waals surface area contributed by atoms with Gasteiger partial charge in [-0.3, -0.25) is 4.79 Å². The Labute approximate surface area is 132 Å². The predicted octanol–water partition coefficient (Wildman–Crippen LogP) is 4.56. The van der Waals surface area contributed by atoms with Gasteiger partial charge in [0.1, 0.15) is 0 Å². The van der Waals surface area contributed by atoms with Gasteiger partial charge in [0.05, 0.1) is 10.6 Å². The number of aromatic nitrogens is 1. The van der Waals surface area contributed by atoms with E-state index in [1.807, 2.05) is 42.6 Å². The van der Waals surface area contributed by atoms with Crippen LogP contribution in [0.1, 0.15) is 11.1 Å². The second kappa shape index (κ2) is 5.07. The fourth-order valence-corrected chi connectivity index (χ4v) is 3.66. The second-order valence-electron chi connectivity index (χ2n) is 5.35. The van der Waals surface area contributed by atoms with Gasteiger partial charge in [-0.05, 0) is 36.8 Å². The molecule has 2 aromatic carbocycles.